The van der Waals surface area contributed by atoms with Crippen molar-refractivity contribution in [2.24, 2.45) is 0 Å². The van der Waals surface area contributed by atoms with Crippen molar-refractivity contribution in [2.75, 3.05) is 17.2 Å². The van der Waals surface area contributed by atoms with E-state index in [9.17, 15) is 0 Å². The van der Waals surface area contributed by atoms with Crippen molar-refractivity contribution in [2.45, 2.75) is 33.2 Å². The summed E-state index contributed by atoms with van der Waals surface area (Å²) < 4.78 is 0. The summed E-state index contributed by atoms with van der Waals surface area (Å²) >= 11 is 0. The lowest BCUT2D eigenvalue weighted by molar-refractivity contribution is 0.774. The Labute approximate surface area is 119 Å². The smallest absolute Gasteiger partial charge is 0.135 e. The Kier molecular flexibility index (Phi) is 4.81. The van der Waals surface area contributed by atoms with E-state index in [2.05, 4.69) is 44.6 Å². The van der Waals surface area contributed by atoms with Gasteiger partial charge in [0.2, 0.25) is 0 Å². The summed E-state index contributed by atoms with van der Waals surface area (Å²) in [5.74, 6) is 2.74. The molecule has 0 amide bonds. The predicted molar refractivity (Wildman–Crippen MR) is 79.6 cm³/mol. The van der Waals surface area contributed by atoms with E-state index in [-0.39, 0.29) is 5.92 Å². The van der Waals surface area contributed by atoms with Crippen LogP contribution in [0, 0.1) is 0 Å². The van der Waals surface area contributed by atoms with Crippen molar-refractivity contribution < 1.29 is 0 Å². The molecule has 0 saturated carbocycles. The molecule has 2 heterocycles. The molecule has 106 valence electrons. The SMILES string of the molecule is CCNc1cc(NCc2cccnn2)nc(C(C)C)n1. The second kappa shape index (κ2) is 6.79. The van der Waals surface area contributed by atoms with E-state index in [0.717, 1.165) is 29.7 Å². The lowest BCUT2D eigenvalue weighted by Crippen LogP contribution is -2.09. The number of nitrogens with zero attached hydrogens (tertiary/aromatic N) is 4. The largest absolute Gasteiger partial charge is 0.370 e. The fraction of sp³-hybridized carbons (Fsp3) is 0.429. The van der Waals surface area contributed by atoms with Gasteiger partial charge in [0.1, 0.15) is 17.5 Å². The van der Waals surface area contributed by atoms with Crippen LogP contribution in [-0.4, -0.2) is 26.7 Å². The third-order valence-electron chi connectivity index (χ3n) is 2.70. The summed E-state index contributed by atoms with van der Waals surface area (Å²) in [4.78, 5) is 9.01. The van der Waals surface area contributed by atoms with Gasteiger partial charge in [0.15, 0.2) is 0 Å². The van der Waals surface area contributed by atoms with Gasteiger partial charge < -0.3 is 10.6 Å². The highest BCUT2D eigenvalue weighted by atomic mass is 15.1. The number of hydrogen-bond acceptors (Lipinski definition) is 6. The topological polar surface area (TPSA) is 75.6 Å². The molecule has 0 radical (unpaired) electrons. The van der Waals surface area contributed by atoms with Crippen molar-refractivity contribution >= 4 is 11.6 Å². The summed E-state index contributed by atoms with van der Waals surface area (Å²) in [5.41, 5.74) is 0.877. The molecule has 0 fully saturated rings. The van der Waals surface area contributed by atoms with Crippen LogP contribution >= 0.6 is 0 Å². The molecule has 0 aliphatic carbocycles. The Balaban J connectivity index is 2.13. The minimum atomic E-state index is 0.283. The van der Waals surface area contributed by atoms with Crippen LogP contribution in [0.25, 0.3) is 0 Å². The zero-order valence-electron chi connectivity index (χ0n) is 12.1. The van der Waals surface area contributed by atoms with E-state index >= 15 is 0 Å². The highest BCUT2D eigenvalue weighted by Crippen LogP contribution is 2.17. The molecular weight excluding hydrogens is 252 g/mol. The molecule has 0 atom stereocenters. The number of aromatic nitrogens is 4. The van der Waals surface area contributed by atoms with Crippen molar-refractivity contribution in [3.63, 3.8) is 0 Å². The second-order valence-electron chi connectivity index (χ2n) is 4.75. The van der Waals surface area contributed by atoms with Crippen LogP contribution in [0.2, 0.25) is 0 Å². The minimum absolute atomic E-state index is 0.283. The van der Waals surface area contributed by atoms with Gasteiger partial charge in [-0.05, 0) is 19.1 Å². The van der Waals surface area contributed by atoms with E-state index in [1.807, 2.05) is 25.1 Å². The first kappa shape index (κ1) is 14.2. The van der Waals surface area contributed by atoms with Crippen LogP contribution in [-0.2, 0) is 6.54 Å². The van der Waals surface area contributed by atoms with Crippen LogP contribution in [0.5, 0.6) is 0 Å². The van der Waals surface area contributed by atoms with Gasteiger partial charge in [-0.15, -0.1) is 0 Å². The van der Waals surface area contributed by atoms with Gasteiger partial charge in [-0.1, -0.05) is 13.8 Å². The van der Waals surface area contributed by atoms with Crippen LogP contribution < -0.4 is 10.6 Å². The lowest BCUT2D eigenvalue weighted by atomic mass is 10.2. The molecule has 2 N–H and O–H groups in total. The van der Waals surface area contributed by atoms with Crippen LogP contribution in [0.1, 0.15) is 38.2 Å². The standard InChI is InChI=1S/C14H20N6/c1-4-15-12-8-13(19-14(18-12)10(2)3)16-9-11-6-5-7-17-20-11/h5-8,10H,4,9H2,1-3H3,(H2,15,16,18,19). The molecule has 0 aromatic carbocycles. The number of nitrogens with one attached hydrogen (secondary N) is 2. The molecule has 0 spiro atoms. The fourth-order valence-corrected chi connectivity index (χ4v) is 1.70. The average molecular weight is 272 g/mol. The summed E-state index contributed by atoms with van der Waals surface area (Å²) in [7, 11) is 0. The van der Waals surface area contributed by atoms with E-state index in [4.69, 9.17) is 0 Å². The Morgan fingerprint density at radius 1 is 1.15 bits per heavy atom. The van der Waals surface area contributed by atoms with Gasteiger partial charge in [0, 0.05) is 24.7 Å². The zero-order valence-corrected chi connectivity index (χ0v) is 12.1. The van der Waals surface area contributed by atoms with E-state index in [1.54, 1.807) is 6.20 Å². The Morgan fingerprint density at radius 2 is 1.90 bits per heavy atom. The van der Waals surface area contributed by atoms with E-state index < -0.39 is 0 Å². The van der Waals surface area contributed by atoms with Gasteiger partial charge in [-0.25, -0.2) is 9.97 Å². The van der Waals surface area contributed by atoms with Crippen molar-refractivity contribution in [1.82, 2.24) is 20.2 Å². The molecule has 0 aliphatic heterocycles. The van der Waals surface area contributed by atoms with Crippen molar-refractivity contribution in [3.8, 4) is 0 Å². The maximum Gasteiger partial charge on any atom is 0.135 e. The third kappa shape index (κ3) is 3.88. The molecule has 2 aromatic rings. The summed E-state index contributed by atoms with van der Waals surface area (Å²) in [5, 5.41) is 14.4. The second-order valence-corrected chi connectivity index (χ2v) is 4.75. The number of anilines is 2. The highest BCUT2D eigenvalue weighted by Gasteiger charge is 2.07. The highest BCUT2D eigenvalue weighted by molar-refractivity contribution is 5.47. The molecular formula is C14H20N6. The third-order valence-corrected chi connectivity index (χ3v) is 2.70. The van der Waals surface area contributed by atoms with E-state index in [1.165, 1.54) is 0 Å². The molecule has 0 saturated heterocycles. The first-order valence-corrected chi connectivity index (χ1v) is 6.82. The van der Waals surface area contributed by atoms with E-state index in [0.29, 0.717) is 6.54 Å². The van der Waals surface area contributed by atoms with Gasteiger partial charge >= 0.3 is 0 Å². The molecule has 6 nitrogen and oxygen atoms in total. The summed E-state index contributed by atoms with van der Waals surface area (Å²) in [6, 6.07) is 5.70. The van der Waals surface area contributed by atoms with Crippen molar-refractivity contribution in [1.29, 1.82) is 0 Å². The Morgan fingerprint density at radius 3 is 2.50 bits per heavy atom. The molecule has 2 rings (SSSR count). The van der Waals surface area contributed by atoms with Crippen molar-refractivity contribution in [3.05, 3.63) is 35.9 Å². The molecule has 0 unspecified atom stereocenters. The quantitative estimate of drug-likeness (QED) is 0.841. The molecule has 0 aliphatic rings. The number of hydrogen-bond donors (Lipinski definition) is 2. The lowest BCUT2D eigenvalue weighted by Gasteiger charge is -2.12. The molecule has 6 heteroatoms. The zero-order chi connectivity index (χ0) is 14.4. The molecule has 2 aromatic heterocycles. The fourth-order valence-electron chi connectivity index (χ4n) is 1.70. The predicted octanol–water partition coefficient (Wildman–Crippen LogP) is 2.43. The Bertz CT molecular complexity index is 541. The summed E-state index contributed by atoms with van der Waals surface area (Å²) in [6.07, 6.45) is 1.66. The minimum Gasteiger partial charge on any atom is -0.370 e. The van der Waals surface area contributed by atoms with Crippen LogP contribution in [0.15, 0.2) is 24.4 Å². The Hall–Kier alpha value is -2.24. The van der Waals surface area contributed by atoms with Crippen LogP contribution in [0.4, 0.5) is 11.6 Å². The molecule has 20 heavy (non-hydrogen) atoms. The van der Waals surface area contributed by atoms with Gasteiger partial charge in [-0.3, -0.25) is 0 Å². The van der Waals surface area contributed by atoms with Gasteiger partial charge in [0.25, 0.3) is 0 Å². The maximum absolute atomic E-state index is 4.52. The van der Waals surface area contributed by atoms with Gasteiger partial charge in [0.05, 0.1) is 12.2 Å². The maximum atomic E-state index is 4.52. The first-order valence-electron chi connectivity index (χ1n) is 6.82. The average Bonchev–Trinajstić information content (AvgIpc) is 2.46. The van der Waals surface area contributed by atoms with Crippen LogP contribution in [0.3, 0.4) is 0 Å². The molecule has 0 bridgehead atoms. The number of rotatable bonds is 6. The first-order chi connectivity index (χ1) is 9.69. The summed E-state index contributed by atoms with van der Waals surface area (Å²) in [6.45, 7) is 7.63. The van der Waals surface area contributed by atoms with Gasteiger partial charge in [-0.2, -0.15) is 10.2 Å². The normalized spacial score (nSPS) is 10.6. The monoisotopic (exact) mass is 272 g/mol.